The minimum Gasteiger partial charge on any atom is -0.466 e. The fourth-order valence-corrected chi connectivity index (χ4v) is 4.14. The van der Waals surface area contributed by atoms with Crippen LogP contribution in [-0.2, 0) is 9.53 Å². The molecule has 4 aromatic rings. The number of aryl methyl sites for hydroxylation is 1. The van der Waals surface area contributed by atoms with E-state index in [0.29, 0.717) is 35.1 Å². The SMILES string of the molecule is CC(=O)OCC[C@@H](C)n1nnnc1-c1cccc(NC(=O)c2cc(-n3cnc(C4CC4)c3)c(C)cc2F)n1. The van der Waals surface area contributed by atoms with Crippen molar-refractivity contribution in [1.29, 1.82) is 0 Å². The highest BCUT2D eigenvalue weighted by Gasteiger charge is 2.26. The van der Waals surface area contributed by atoms with E-state index < -0.39 is 11.7 Å². The predicted octanol–water partition coefficient (Wildman–Crippen LogP) is 4.01. The van der Waals surface area contributed by atoms with Crippen LogP contribution in [0.5, 0.6) is 0 Å². The van der Waals surface area contributed by atoms with Crippen LogP contribution in [0, 0.1) is 12.7 Å². The molecule has 0 aliphatic heterocycles. The zero-order chi connectivity index (χ0) is 26.8. The Hall–Kier alpha value is -4.48. The number of nitrogens with one attached hydrogen (secondary N) is 1. The number of amides is 1. The average Bonchev–Trinajstić information content (AvgIpc) is 3.40. The summed E-state index contributed by atoms with van der Waals surface area (Å²) in [7, 11) is 0. The van der Waals surface area contributed by atoms with Crippen LogP contribution in [-0.4, -0.2) is 53.2 Å². The smallest absolute Gasteiger partial charge is 0.302 e. The number of carbonyl (C=O) groups is 2. The van der Waals surface area contributed by atoms with E-state index in [1.807, 2.05) is 17.7 Å². The molecule has 0 radical (unpaired) electrons. The number of ether oxygens (including phenoxy) is 1. The summed E-state index contributed by atoms with van der Waals surface area (Å²) in [5, 5.41) is 14.5. The Morgan fingerprint density at radius 3 is 2.84 bits per heavy atom. The lowest BCUT2D eigenvalue weighted by molar-refractivity contribution is -0.141. The topological polar surface area (TPSA) is 130 Å². The van der Waals surface area contributed by atoms with E-state index >= 15 is 0 Å². The molecule has 0 spiro atoms. The van der Waals surface area contributed by atoms with Crippen molar-refractivity contribution in [1.82, 2.24) is 34.7 Å². The maximum atomic E-state index is 14.9. The number of benzene rings is 1. The van der Waals surface area contributed by atoms with Crippen LogP contribution in [0.4, 0.5) is 10.2 Å². The molecule has 0 saturated heterocycles. The van der Waals surface area contributed by atoms with Gasteiger partial charge in [0.1, 0.15) is 17.3 Å². The van der Waals surface area contributed by atoms with Gasteiger partial charge in [-0.1, -0.05) is 6.07 Å². The third-order valence-corrected chi connectivity index (χ3v) is 6.38. The molecule has 1 aromatic carbocycles. The summed E-state index contributed by atoms with van der Waals surface area (Å²) in [6.45, 7) is 5.26. The first-order chi connectivity index (χ1) is 18.3. The van der Waals surface area contributed by atoms with Gasteiger partial charge >= 0.3 is 5.97 Å². The highest BCUT2D eigenvalue weighted by molar-refractivity contribution is 6.04. The third-order valence-electron chi connectivity index (χ3n) is 6.38. The lowest BCUT2D eigenvalue weighted by Gasteiger charge is -2.14. The number of hydrogen-bond donors (Lipinski definition) is 1. The highest BCUT2D eigenvalue weighted by Crippen LogP contribution is 2.39. The summed E-state index contributed by atoms with van der Waals surface area (Å²) < 4.78 is 23.3. The maximum Gasteiger partial charge on any atom is 0.302 e. The molecule has 1 aliphatic rings. The second kappa shape index (κ2) is 10.5. The normalized spacial score (nSPS) is 13.8. The lowest BCUT2D eigenvalue weighted by Crippen LogP contribution is -2.16. The number of pyridine rings is 1. The molecular formula is C26H27FN8O3. The molecule has 1 fully saturated rings. The number of esters is 1. The Labute approximate surface area is 218 Å². The molecule has 1 aliphatic carbocycles. The van der Waals surface area contributed by atoms with E-state index in [9.17, 15) is 14.0 Å². The van der Waals surface area contributed by atoms with Gasteiger partial charge in [0.2, 0.25) is 5.82 Å². The van der Waals surface area contributed by atoms with Gasteiger partial charge in [-0.2, -0.15) is 0 Å². The van der Waals surface area contributed by atoms with Crippen molar-refractivity contribution in [2.75, 3.05) is 11.9 Å². The molecule has 3 aromatic heterocycles. The molecule has 0 unspecified atom stereocenters. The summed E-state index contributed by atoms with van der Waals surface area (Å²) >= 11 is 0. The van der Waals surface area contributed by atoms with Crippen LogP contribution in [0.15, 0.2) is 42.9 Å². The van der Waals surface area contributed by atoms with Crippen LogP contribution in [0.25, 0.3) is 17.2 Å². The van der Waals surface area contributed by atoms with Gasteiger partial charge in [0.25, 0.3) is 5.91 Å². The molecule has 38 heavy (non-hydrogen) atoms. The Bertz CT molecular complexity index is 1490. The number of imidazole rings is 1. The molecule has 1 atom stereocenters. The minimum atomic E-state index is -0.634. The lowest BCUT2D eigenvalue weighted by atomic mass is 10.1. The van der Waals surface area contributed by atoms with E-state index in [0.717, 1.165) is 18.5 Å². The number of aromatic nitrogens is 7. The van der Waals surface area contributed by atoms with Gasteiger partial charge in [0, 0.05) is 25.5 Å². The van der Waals surface area contributed by atoms with Gasteiger partial charge in [-0.15, -0.1) is 5.10 Å². The zero-order valence-electron chi connectivity index (χ0n) is 21.3. The Kier molecular flexibility index (Phi) is 6.95. The first-order valence-electron chi connectivity index (χ1n) is 12.3. The largest absolute Gasteiger partial charge is 0.466 e. The first-order valence-corrected chi connectivity index (χ1v) is 12.3. The maximum absolute atomic E-state index is 14.9. The number of hydrogen-bond acceptors (Lipinski definition) is 8. The number of nitrogens with zero attached hydrogens (tertiary/aromatic N) is 7. The zero-order valence-corrected chi connectivity index (χ0v) is 21.3. The van der Waals surface area contributed by atoms with Gasteiger partial charge in [0.15, 0.2) is 0 Å². The van der Waals surface area contributed by atoms with Gasteiger partial charge in [0.05, 0.1) is 35.9 Å². The summed E-state index contributed by atoms with van der Waals surface area (Å²) in [4.78, 5) is 33.1. The molecule has 1 saturated carbocycles. The van der Waals surface area contributed by atoms with Crippen molar-refractivity contribution >= 4 is 17.7 Å². The van der Waals surface area contributed by atoms with Gasteiger partial charge < -0.3 is 14.6 Å². The molecule has 1 amide bonds. The fraction of sp³-hybridized carbons (Fsp3) is 0.346. The van der Waals surface area contributed by atoms with Crippen molar-refractivity contribution in [3.05, 3.63) is 65.5 Å². The second-order valence-electron chi connectivity index (χ2n) is 9.39. The number of tetrazole rings is 1. The molecule has 12 heteroatoms. The average molecular weight is 519 g/mol. The molecule has 0 bridgehead atoms. The van der Waals surface area contributed by atoms with Crippen LogP contribution < -0.4 is 5.32 Å². The van der Waals surface area contributed by atoms with Crippen LogP contribution in [0.3, 0.4) is 0 Å². The minimum absolute atomic E-state index is 0.108. The van der Waals surface area contributed by atoms with Crippen molar-refractivity contribution < 1.29 is 18.7 Å². The summed E-state index contributed by atoms with van der Waals surface area (Å²) in [6, 6.07) is 7.69. The molecule has 196 valence electrons. The van der Waals surface area contributed by atoms with E-state index in [2.05, 4.69) is 30.8 Å². The molecule has 3 heterocycles. The summed E-state index contributed by atoms with van der Waals surface area (Å²) in [5.41, 5.74) is 2.68. The van der Waals surface area contributed by atoms with Gasteiger partial charge in [-0.3, -0.25) is 9.59 Å². The van der Waals surface area contributed by atoms with Gasteiger partial charge in [-0.25, -0.2) is 19.0 Å². The van der Waals surface area contributed by atoms with Gasteiger partial charge in [-0.05, 0) is 66.9 Å². The Balaban J connectivity index is 1.35. The van der Waals surface area contributed by atoms with Crippen LogP contribution >= 0.6 is 0 Å². The van der Waals surface area contributed by atoms with Crippen LogP contribution in [0.1, 0.15) is 66.7 Å². The van der Waals surface area contributed by atoms with Crippen molar-refractivity contribution in [2.45, 2.75) is 52.0 Å². The van der Waals surface area contributed by atoms with Crippen molar-refractivity contribution in [2.24, 2.45) is 0 Å². The molecule has 1 N–H and O–H groups in total. The van der Waals surface area contributed by atoms with E-state index in [1.165, 1.54) is 19.1 Å². The predicted molar refractivity (Wildman–Crippen MR) is 135 cm³/mol. The first kappa shape index (κ1) is 25.2. The molecule has 11 nitrogen and oxygen atoms in total. The van der Waals surface area contributed by atoms with E-state index in [4.69, 9.17) is 4.74 Å². The fourth-order valence-electron chi connectivity index (χ4n) is 4.14. The number of anilines is 1. The number of carbonyl (C=O) groups excluding carboxylic acids is 2. The second-order valence-corrected chi connectivity index (χ2v) is 9.39. The Morgan fingerprint density at radius 2 is 2.08 bits per heavy atom. The van der Waals surface area contributed by atoms with Crippen LogP contribution in [0.2, 0.25) is 0 Å². The molecule has 5 rings (SSSR count). The monoisotopic (exact) mass is 518 g/mol. The van der Waals surface area contributed by atoms with Crippen molar-refractivity contribution in [3.8, 4) is 17.2 Å². The summed E-state index contributed by atoms with van der Waals surface area (Å²) in [6.07, 6.45) is 6.37. The van der Waals surface area contributed by atoms with Crippen molar-refractivity contribution in [3.63, 3.8) is 0 Å². The quantitative estimate of drug-likeness (QED) is 0.329. The number of rotatable bonds is 9. The number of halogens is 1. The Morgan fingerprint density at radius 1 is 1.26 bits per heavy atom. The van der Waals surface area contributed by atoms with E-state index in [-0.39, 0.29) is 30.0 Å². The molecular weight excluding hydrogens is 491 g/mol. The summed E-state index contributed by atoms with van der Waals surface area (Å²) in [5.74, 6) is -0.541. The third kappa shape index (κ3) is 5.43. The van der Waals surface area contributed by atoms with E-state index in [1.54, 1.807) is 36.1 Å². The standard InChI is InChI=1S/C26H27FN8O3/c1-15-11-20(27)19(12-23(15)34-13-22(28-14-34)18-7-8-18)26(37)30-24-6-4-5-21(29-24)25-31-32-33-35(25)16(2)9-10-38-17(3)36/h4-6,11-14,16,18H,7-10H2,1-3H3,(H,29,30,37)/t16-/m1/s1. The highest BCUT2D eigenvalue weighted by atomic mass is 19.1.